The Hall–Kier alpha value is -0.140. The molecule has 1 fully saturated rings. The van der Waals surface area contributed by atoms with E-state index in [0.717, 1.165) is 29.4 Å². The maximum atomic E-state index is 12.8. The fraction of sp³-hybridized carbons (Fsp3) is 0.571. The standard InChI is InChI=1S/C14H21BrN2O2S.ClH/c1-11-5-6-13(15)8-14(11)20(18,19)17-7-3-4-12(10-17)9-16-2;/h5-6,8,12,16H,3-4,7,9-10H2,1-2H3;1H. The molecule has 0 spiro atoms. The summed E-state index contributed by atoms with van der Waals surface area (Å²) >= 11 is 3.36. The van der Waals surface area contributed by atoms with Crippen LogP contribution in [0.1, 0.15) is 18.4 Å². The lowest BCUT2D eigenvalue weighted by atomic mass is 10.00. The van der Waals surface area contributed by atoms with Crippen molar-refractivity contribution in [3.05, 3.63) is 28.2 Å². The van der Waals surface area contributed by atoms with Crippen LogP contribution in [0.25, 0.3) is 0 Å². The molecule has 1 heterocycles. The second-order valence-electron chi connectivity index (χ2n) is 5.34. The minimum Gasteiger partial charge on any atom is -0.319 e. The van der Waals surface area contributed by atoms with Crippen LogP contribution in [0.15, 0.2) is 27.6 Å². The van der Waals surface area contributed by atoms with E-state index in [1.165, 1.54) is 0 Å². The fourth-order valence-corrected chi connectivity index (χ4v) is 5.01. The van der Waals surface area contributed by atoms with E-state index in [9.17, 15) is 8.42 Å². The van der Waals surface area contributed by atoms with E-state index in [-0.39, 0.29) is 12.4 Å². The first-order valence-corrected chi connectivity index (χ1v) is 9.09. The van der Waals surface area contributed by atoms with Crippen molar-refractivity contribution >= 4 is 38.4 Å². The van der Waals surface area contributed by atoms with Gasteiger partial charge in [-0.3, -0.25) is 0 Å². The van der Waals surface area contributed by atoms with Crippen LogP contribution in [0.3, 0.4) is 0 Å². The molecule has 1 aromatic rings. The molecule has 0 bridgehead atoms. The lowest BCUT2D eigenvalue weighted by molar-refractivity contribution is 0.263. The molecule has 120 valence electrons. The number of piperidine rings is 1. The molecule has 1 atom stereocenters. The van der Waals surface area contributed by atoms with Crippen molar-refractivity contribution < 1.29 is 8.42 Å². The molecule has 0 aliphatic carbocycles. The van der Waals surface area contributed by atoms with E-state index in [2.05, 4.69) is 21.2 Å². The Morgan fingerprint density at radius 1 is 1.43 bits per heavy atom. The molecule has 2 rings (SSSR count). The van der Waals surface area contributed by atoms with Crippen LogP contribution in [0, 0.1) is 12.8 Å². The van der Waals surface area contributed by atoms with Crippen molar-refractivity contribution in [2.45, 2.75) is 24.7 Å². The SMILES string of the molecule is CNCC1CCCN(S(=O)(=O)c2cc(Br)ccc2C)C1.Cl. The fourth-order valence-electron chi connectivity index (χ4n) is 2.69. The average molecular weight is 398 g/mol. The molecular formula is C14H22BrClN2O2S. The molecule has 1 aliphatic heterocycles. The Morgan fingerprint density at radius 3 is 2.81 bits per heavy atom. The minimum atomic E-state index is -3.39. The summed E-state index contributed by atoms with van der Waals surface area (Å²) in [5.74, 6) is 0.399. The average Bonchev–Trinajstić information content (AvgIpc) is 2.42. The maximum Gasteiger partial charge on any atom is 0.243 e. The van der Waals surface area contributed by atoms with Gasteiger partial charge < -0.3 is 5.32 Å². The number of sulfonamides is 1. The summed E-state index contributed by atoms with van der Waals surface area (Å²) < 4.78 is 28.0. The number of hydrogen-bond donors (Lipinski definition) is 1. The van der Waals surface area contributed by atoms with E-state index in [0.29, 0.717) is 23.9 Å². The van der Waals surface area contributed by atoms with Crippen molar-refractivity contribution in [2.24, 2.45) is 5.92 Å². The van der Waals surface area contributed by atoms with Crippen LogP contribution in [-0.4, -0.2) is 39.4 Å². The van der Waals surface area contributed by atoms with Crippen molar-refractivity contribution in [3.63, 3.8) is 0 Å². The van der Waals surface area contributed by atoms with Crippen molar-refractivity contribution in [2.75, 3.05) is 26.7 Å². The first-order chi connectivity index (χ1) is 9.45. The summed E-state index contributed by atoms with van der Waals surface area (Å²) in [6, 6.07) is 5.41. The van der Waals surface area contributed by atoms with Gasteiger partial charge in [0.1, 0.15) is 0 Å². The normalized spacial score (nSPS) is 20.0. The molecule has 1 saturated heterocycles. The first kappa shape index (κ1) is 18.9. The van der Waals surface area contributed by atoms with Crippen LogP contribution in [0.2, 0.25) is 0 Å². The van der Waals surface area contributed by atoms with Gasteiger partial charge >= 0.3 is 0 Å². The van der Waals surface area contributed by atoms with Gasteiger partial charge in [-0.15, -0.1) is 12.4 Å². The van der Waals surface area contributed by atoms with Crippen LogP contribution in [0.4, 0.5) is 0 Å². The number of hydrogen-bond acceptors (Lipinski definition) is 3. The van der Waals surface area contributed by atoms with E-state index >= 15 is 0 Å². The van der Waals surface area contributed by atoms with E-state index in [1.54, 1.807) is 10.4 Å². The molecular weight excluding hydrogens is 376 g/mol. The van der Waals surface area contributed by atoms with Crippen LogP contribution < -0.4 is 5.32 Å². The molecule has 21 heavy (non-hydrogen) atoms. The zero-order valence-electron chi connectivity index (χ0n) is 12.3. The van der Waals surface area contributed by atoms with E-state index in [4.69, 9.17) is 0 Å². The predicted octanol–water partition coefficient (Wildman–Crippen LogP) is 2.80. The first-order valence-electron chi connectivity index (χ1n) is 6.86. The maximum absolute atomic E-state index is 12.8. The molecule has 1 unspecified atom stereocenters. The number of aryl methyl sites for hydroxylation is 1. The number of nitrogens with zero attached hydrogens (tertiary/aromatic N) is 1. The van der Waals surface area contributed by atoms with E-state index < -0.39 is 10.0 Å². The Bertz CT molecular complexity index is 578. The third-order valence-electron chi connectivity index (χ3n) is 3.74. The van der Waals surface area contributed by atoms with Gasteiger partial charge in [-0.2, -0.15) is 4.31 Å². The van der Waals surface area contributed by atoms with Gasteiger partial charge in [0.2, 0.25) is 10.0 Å². The van der Waals surface area contributed by atoms with Gasteiger partial charge in [-0.1, -0.05) is 22.0 Å². The highest BCUT2D eigenvalue weighted by atomic mass is 79.9. The Balaban J connectivity index is 0.00000220. The molecule has 4 nitrogen and oxygen atoms in total. The summed E-state index contributed by atoms with van der Waals surface area (Å²) in [4.78, 5) is 0.414. The summed E-state index contributed by atoms with van der Waals surface area (Å²) in [7, 11) is -1.48. The number of benzene rings is 1. The summed E-state index contributed by atoms with van der Waals surface area (Å²) in [5, 5.41) is 3.14. The van der Waals surface area contributed by atoms with Crippen LogP contribution >= 0.6 is 28.3 Å². The van der Waals surface area contributed by atoms with Gasteiger partial charge in [-0.25, -0.2) is 8.42 Å². The summed E-state index contributed by atoms with van der Waals surface area (Å²) in [5.41, 5.74) is 0.795. The summed E-state index contributed by atoms with van der Waals surface area (Å²) in [6.45, 7) is 3.93. The van der Waals surface area contributed by atoms with Crippen molar-refractivity contribution in [1.29, 1.82) is 0 Å². The lowest BCUT2D eigenvalue weighted by Gasteiger charge is -2.32. The van der Waals surface area contributed by atoms with Gasteiger partial charge in [0.05, 0.1) is 4.90 Å². The predicted molar refractivity (Wildman–Crippen MR) is 91.5 cm³/mol. The summed E-state index contributed by atoms with van der Waals surface area (Å²) in [6.07, 6.45) is 2.02. The zero-order valence-corrected chi connectivity index (χ0v) is 15.5. The molecule has 7 heteroatoms. The highest BCUT2D eigenvalue weighted by molar-refractivity contribution is 9.10. The largest absolute Gasteiger partial charge is 0.319 e. The molecule has 0 radical (unpaired) electrons. The lowest BCUT2D eigenvalue weighted by Crippen LogP contribution is -2.42. The van der Waals surface area contributed by atoms with Crippen LogP contribution in [0.5, 0.6) is 0 Å². The molecule has 1 aromatic carbocycles. The smallest absolute Gasteiger partial charge is 0.243 e. The van der Waals surface area contributed by atoms with Crippen molar-refractivity contribution in [1.82, 2.24) is 9.62 Å². The topological polar surface area (TPSA) is 49.4 Å². The highest BCUT2D eigenvalue weighted by Gasteiger charge is 2.30. The monoisotopic (exact) mass is 396 g/mol. The van der Waals surface area contributed by atoms with Crippen LogP contribution in [-0.2, 0) is 10.0 Å². The van der Waals surface area contributed by atoms with E-state index in [1.807, 2.05) is 26.1 Å². The molecule has 1 N–H and O–H groups in total. The van der Waals surface area contributed by atoms with Gasteiger partial charge in [0.25, 0.3) is 0 Å². The number of nitrogens with one attached hydrogen (secondary N) is 1. The molecule has 0 saturated carbocycles. The number of halogens is 2. The van der Waals surface area contributed by atoms with Crippen molar-refractivity contribution in [3.8, 4) is 0 Å². The molecule has 0 aromatic heterocycles. The molecule has 1 aliphatic rings. The van der Waals surface area contributed by atoms with Gasteiger partial charge in [0, 0.05) is 17.6 Å². The Kier molecular flexibility index (Phi) is 7.13. The Labute approximate surface area is 141 Å². The highest BCUT2D eigenvalue weighted by Crippen LogP contribution is 2.27. The molecule has 0 amide bonds. The van der Waals surface area contributed by atoms with Gasteiger partial charge in [0.15, 0.2) is 0 Å². The third-order valence-corrected chi connectivity index (χ3v) is 6.24. The minimum absolute atomic E-state index is 0. The quantitative estimate of drug-likeness (QED) is 0.850. The second kappa shape index (κ2) is 7.92. The number of rotatable bonds is 4. The zero-order chi connectivity index (χ0) is 14.8. The third kappa shape index (κ3) is 4.42. The Morgan fingerprint density at radius 2 is 2.14 bits per heavy atom. The van der Waals surface area contributed by atoms with Gasteiger partial charge in [-0.05, 0) is 57.0 Å². The second-order valence-corrected chi connectivity index (χ2v) is 8.16.